The Morgan fingerprint density at radius 3 is 2.75 bits per heavy atom. The predicted octanol–water partition coefficient (Wildman–Crippen LogP) is 4.12. The van der Waals surface area contributed by atoms with Gasteiger partial charge in [-0.1, -0.05) is 30.3 Å². The van der Waals surface area contributed by atoms with Crippen LogP contribution in [0.3, 0.4) is 0 Å². The molecule has 0 atom stereocenters. The standard InChI is InChI=1S/C14H12OS/c1-11(15)13-5-2-4-12(10-13)7-8-14-6-3-9-16-14/h2-10H,1H3/b8-7-. The van der Waals surface area contributed by atoms with Crippen molar-refractivity contribution >= 4 is 29.3 Å². The molecule has 1 nitrogen and oxygen atoms in total. The summed E-state index contributed by atoms with van der Waals surface area (Å²) in [6.45, 7) is 1.59. The van der Waals surface area contributed by atoms with E-state index in [0.29, 0.717) is 0 Å². The maximum absolute atomic E-state index is 11.2. The molecular weight excluding hydrogens is 216 g/mol. The zero-order valence-corrected chi connectivity index (χ0v) is 9.83. The first-order valence-electron chi connectivity index (χ1n) is 5.08. The fourth-order valence-electron chi connectivity index (χ4n) is 1.43. The lowest BCUT2D eigenvalue weighted by Crippen LogP contribution is -1.91. The number of thiophene rings is 1. The molecule has 0 bridgehead atoms. The van der Waals surface area contributed by atoms with E-state index in [-0.39, 0.29) is 5.78 Å². The molecule has 0 aliphatic heterocycles. The van der Waals surface area contributed by atoms with Gasteiger partial charge in [-0.15, -0.1) is 11.3 Å². The molecule has 0 fully saturated rings. The minimum Gasteiger partial charge on any atom is -0.295 e. The number of carbonyl (C=O) groups excluding carboxylic acids is 1. The summed E-state index contributed by atoms with van der Waals surface area (Å²) < 4.78 is 0. The van der Waals surface area contributed by atoms with Crippen molar-refractivity contribution in [3.63, 3.8) is 0 Å². The molecular formula is C14H12OS. The molecule has 0 aliphatic carbocycles. The zero-order chi connectivity index (χ0) is 11.4. The fourth-order valence-corrected chi connectivity index (χ4v) is 2.04. The van der Waals surface area contributed by atoms with Gasteiger partial charge in [-0.3, -0.25) is 4.79 Å². The number of ketones is 1. The average Bonchev–Trinajstić information content (AvgIpc) is 2.79. The van der Waals surface area contributed by atoms with Crippen LogP contribution in [-0.2, 0) is 0 Å². The van der Waals surface area contributed by atoms with Gasteiger partial charge in [0.25, 0.3) is 0 Å². The number of carbonyl (C=O) groups is 1. The summed E-state index contributed by atoms with van der Waals surface area (Å²) in [6, 6.07) is 11.7. The largest absolute Gasteiger partial charge is 0.295 e. The van der Waals surface area contributed by atoms with E-state index in [1.54, 1.807) is 18.3 Å². The Balaban J connectivity index is 2.22. The van der Waals surface area contributed by atoms with Crippen LogP contribution in [0.1, 0.15) is 27.7 Å². The van der Waals surface area contributed by atoms with E-state index in [2.05, 4.69) is 12.1 Å². The smallest absolute Gasteiger partial charge is 0.159 e. The Morgan fingerprint density at radius 1 is 1.19 bits per heavy atom. The lowest BCUT2D eigenvalue weighted by Gasteiger charge is -1.97. The zero-order valence-electron chi connectivity index (χ0n) is 9.01. The molecule has 1 aromatic carbocycles. The minimum absolute atomic E-state index is 0.103. The molecule has 0 spiro atoms. The van der Waals surface area contributed by atoms with Crippen LogP contribution in [0.15, 0.2) is 41.8 Å². The summed E-state index contributed by atoms with van der Waals surface area (Å²) in [6.07, 6.45) is 4.09. The Hall–Kier alpha value is -1.67. The van der Waals surface area contributed by atoms with Crippen molar-refractivity contribution in [2.75, 3.05) is 0 Å². The van der Waals surface area contributed by atoms with Crippen LogP contribution in [0.25, 0.3) is 12.2 Å². The molecule has 0 saturated heterocycles. The van der Waals surface area contributed by atoms with E-state index in [4.69, 9.17) is 0 Å². The van der Waals surface area contributed by atoms with Crippen LogP contribution in [0.5, 0.6) is 0 Å². The van der Waals surface area contributed by atoms with Crippen molar-refractivity contribution in [3.8, 4) is 0 Å². The fraction of sp³-hybridized carbons (Fsp3) is 0.0714. The van der Waals surface area contributed by atoms with Crippen molar-refractivity contribution in [1.29, 1.82) is 0 Å². The quantitative estimate of drug-likeness (QED) is 0.722. The SMILES string of the molecule is CC(=O)c1cccc(/C=C\c2cccs2)c1. The number of Topliss-reactive ketones (excluding diaryl/α,β-unsaturated/α-hetero) is 1. The second kappa shape index (κ2) is 4.90. The number of hydrogen-bond donors (Lipinski definition) is 0. The topological polar surface area (TPSA) is 17.1 Å². The molecule has 80 valence electrons. The predicted molar refractivity (Wildman–Crippen MR) is 69.7 cm³/mol. The van der Waals surface area contributed by atoms with Crippen molar-refractivity contribution in [2.45, 2.75) is 6.92 Å². The first kappa shape index (κ1) is 10.8. The highest BCUT2D eigenvalue weighted by Gasteiger charge is 1.98. The summed E-state index contributed by atoms with van der Waals surface area (Å²) >= 11 is 1.70. The van der Waals surface area contributed by atoms with Crippen molar-refractivity contribution < 1.29 is 4.79 Å². The molecule has 16 heavy (non-hydrogen) atoms. The van der Waals surface area contributed by atoms with E-state index in [1.165, 1.54) is 4.88 Å². The Morgan fingerprint density at radius 2 is 2.06 bits per heavy atom. The van der Waals surface area contributed by atoms with Gasteiger partial charge in [0.1, 0.15) is 0 Å². The summed E-state index contributed by atoms with van der Waals surface area (Å²) in [7, 11) is 0. The van der Waals surface area contributed by atoms with E-state index in [0.717, 1.165) is 11.1 Å². The van der Waals surface area contributed by atoms with Crippen LogP contribution >= 0.6 is 11.3 Å². The molecule has 1 heterocycles. The molecule has 0 radical (unpaired) electrons. The van der Waals surface area contributed by atoms with Crippen LogP contribution < -0.4 is 0 Å². The molecule has 2 rings (SSSR count). The lowest BCUT2D eigenvalue weighted by atomic mass is 10.1. The van der Waals surface area contributed by atoms with E-state index in [9.17, 15) is 4.79 Å². The first-order valence-corrected chi connectivity index (χ1v) is 5.96. The Bertz CT molecular complexity index is 509. The van der Waals surface area contributed by atoms with Crippen LogP contribution in [0.4, 0.5) is 0 Å². The highest BCUT2D eigenvalue weighted by atomic mass is 32.1. The number of rotatable bonds is 3. The van der Waals surface area contributed by atoms with Crippen molar-refractivity contribution in [2.24, 2.45) is 0 Å². The number of hydrogen-bond acceptors (Lipinski definition) is 2. The Labute approximate surface area is 99.1 Å². The van der Waals surface area contributed by atoms with Crippen LogP contribution in [-0.4, -0.2) is 5.78 Å². The summed E-state index contributed by atoms with van der Waals surface area (Å²) in [4.78, 5) is 12.4. The van der Waals surface area contributed by atoms with Crippen LogP contribution in [0, 0.1) is 0 Å². The summed E-state index contributed by atoms with van der Waals surface area (Å²) in [5.74, 6) is 0.103. The van der Waals surface area contributed by atoms with E-state index < -0.39 is 0 Å². The monoisotopic (exact) mass is 228 g/mol. The lowest BCUT2D eigenvalue weighted by molar-refractivity contribution is 0.101. The van der Waals surface area contributed by atoms with Crippen molar-refractivity contribution in [1.82, 2.24) is 0 Å². The first-order chi connectivity index (χ1) is 7.75. The molecule has 2 aromatic rings. The maximum Gasteiger partial charge on any atom is 0.159 e. The summed E-state index contributed by atoms with van der Waals surface area (Å²) in [5.41, 5.74) is 1.81. The third-order valence-electron chi connectivity index (χ3n) is 2.28. The Kier molecular flexibility index (Phi) is 3.32. The summed E-state index contributed by atoms with van der Waals surface area (Å²) in [5, 5.41) is 2.05. The molecule has 1 aromatic heterocycles. The molecule has 2 heteroatoms. The van der Waals surface area contributed by atoms with Gasteiger partial charge in [0.2, 0.25) is 0 Å². The van der Waals surface area contributed by atoms with Gasteiger partial charge in [0, 0.05) is 10.4 Å². The van der Waals surface area contributed by atoms with E-state index in [1.807, 2.05) is 41.8 Å². The average molecular weight is 228 g/mol. The maximum atomic E-state index is 11.2. The molecule has 0 saturated carbocycles. The van der Waals surface area contributed by atoms with Gasteiger partial charge in [-0.05, 0) is 36.1 Å². The van der Waals surface area contributed by atoms with Crippen molar-refractivity contribution in [3.05, 3.63) is 57.8 Å². The molecule has 0 amide bonds. The highest BCUT2D eigenvalue weighted by molar-refractivity contribution is 7.10. The molecule has 0 N–H and O–H groups in total. The number of benzene rings is 1. The third-order valence-corrected chi connectivity index (χ3v) is 3.11. The van der Waals surface area contributed by atoms with Gasteiger partial charge < -0.3 is 0 Å². The third kappa shape index (κ3) is 2.67. The van der Waals surface area contributed by atoms with Crippen LogP contribution in [0.2, 0.25) is 0 Å². The van der Waals surface area contributed by atoms with Gasteiger partial charge in [-0.2, -0.15) is 0 Å². The minimum atomic E-state index is 0.103. The second-order valence-corrected chi connectivity index (χ2v) is 4.51. The molecule has 0 aliphatic rings. The highest BCUT2D eigenvalue weighted by Crippen LogP contribution is 2.14. The molecule has 0 unspecified atom stereocenters. The van der Waals surface area contributed by atoms with Gasteiger partial charge in [0.05, 0.1) is 0 Å². The normalized spacial score (nSPS) is 10.8. The van der Waals surface area contributed by atoms with Gasteiger partial charge >= 0.3 is 0 Å². The van der Waals surface area contributed by atoms with Gasteiger partial charge in [-0.25, -0.2) is 0 Å². The van der Waals surface area contributed by atoms with Gasteiger partial charge in [0.15, 0.2) is 5.78 Å². The second-order valence-electron chi connectivity index (χ2n) is 3.53. The van der Waals surface area contributed by atoms with E-state index >= 15 is 0 Å².